The summed E-state index contributed by atoms with van der Waals surface area (Å²) in [5.41, 5.74) is 2.34. The van der Waals surface area contributed by atoms with Crippen molar-refractivity contribution in [1.82, 2.24) is 10.6 Å². The molecular weight excluding hydrogens is 240 g/mol. The van der Waals surface area contributed by atoms with E-state index in [-0.39, 0.29) is 5.91 Å². The van der Waals surface area contributed by atoms with Crippen LogP contribution in [0.4, 0.5) is 0 Å². The Bertz CT molecular complexity index is 210. The number of carbonyl (C=O) groups is 1. The maximum Gasteiger partial charge on any atom is 0.233 e. The van der Waals surface area contributed by atoms with Crippen LogP contribution in [0.1, 0.15) is 84.5 Å². The Morgan fingerprint density at radius 1 is 0.895 bits per heavy atom. The molecule has 1 amide bonds. The summed E-state index contributed by atoms with van der Waals surface area (Å²) < 4.78 is 0. The molecule has 114 valence electrons. The molecular formula is C15H31N2O2-. The number of hydrogen-bond acceptors (Lipinski definition) is 3. The van der Waals surface area contributed by atoms with Crippen molar-refractivity contribution in [2.75, 3.05) is 6.54 Å². The molecule has 19 heavy (non-hydrogen) atoms. The molecule has 0 rings (SSSR count). The highest BCUT2D eigenvalue weighted by Gasteiger charge is 2.01. The van der Waals surface area contributed by atoms with Gasteiger partial charge < -0.3 is 10.6 Å². The third-order valence-electron chi connectivity index (χ3n) is 3.18. The van der Waals surface area contributed by atoms with E-state index >= 15 is 0 Å². The van der Waals surface area contributed by atoms with Crippen LogP contribution in [-0.2, 0) is 4.79 Å². The number of hydrazine groups is 1. The van der Waals surface area contributed by atoms with Gasteiger partial charge in [-0.2, -0.15) is 0 Å². The van der Waals surface area contributed by atoms with Crippen LogP contribution < -0.4 is 5.43 Å². The highest BCUT2D eigenvalue weighted by molar-refractivity contribution is 5.75. The Kier molecular flexibility index (Phi) is 13.4. The molecule has 0 aromatic heterocycles. The van der Waals surface area contributed by atoms with Crippen molar-refractivity contribution in [3.63, 3.8) is 0 Å². The van der Waals surface area contributed by atoms with E-state index in [0.29, 0.717) is 18.1 Å². The van der Waals surface area contributed by atoms with Crippen molar-refractivity contribution in [2.24, 2.45) is 0 Å². The minimum absolute atomic E-state index is 0.147. The Morgan fingerprint density at radius 2 is 1.42 bits per heavy atom. The summed E-state index contributed by atoms with van der Waals surface area (Å²) in [6.45, 7) is 4.51. The van der Waals surface area contributed by atoms with Gasteiger partial charge in [0.25, 0.3) is 0 Å². The van der Waals surface area contributed by atoms with Crippen LogP contribution in [0, 0.1) is 5.21 Å². The topological polar surface area (TPSA) is 55.4 Å². The lowest BCUT2D eigenvalue weighted by Gasteiger charge is -2.27. The van der Waals surface area contributed by atoms with Crippen molar-refractivity contribution in [3.8, 4) is 0 Å². The van der Waals surface area contributed by atoms with Gasteiger partial charge in [0.1, 0.15) is 0 Å². The van der Waals surface area contributed by atoms with Gasteiger partial charge in [-0.25, -0.2) is 0 Å². The highest BCUT2D eigenvalue weighted by Crippen LogP contribution is 2.10. The molecule has 0 spiro atoms. The van der Waals surface area contributed by atoms with E-state index in [0.717, 1.165) is 19.3 Å². The first-order valence-electron chi connectivity index (χ1n) is 7.94. The summed E-state index contributed by atoms with van der Waals surface area (Å²) >= 11 is 0. The van der Waals surface area contributed by atoms with Gasteiger partial charge in [-0.3, -0.25) is 9.97 Å². The van der Waals surface area contributed by atoms with E-state index < -0.39 is 0 Å². The number of unbranched alkanes of at least 4 members (excludes halogenated alkanes) is 8. The summed E-state index contributed by atoms with van der Waals surface area (Å²) in [7, 11) is 0. The van der Waals surface area contributed by atoms with Gasteiger partial charge in [0.15, 0.2) is 0 Å². The number of hydroxylamine groups is 1. The predicted octanol–water partition coefficient (Wildman–Crippen LogP) is 4.15. The summed E-state index contributed by atoms with van der Waals surface area (Å²) in [5.74, 6) is -0.147. The maximum absolute atomic E-state index is 11.4. The van der Waals surface area contributed by atoms with Gasteiger partial charge in [-0.05, 0) is 12.8 Å². The van der Waals surface area contributed by atoms with Crippen molar-refractivity contribution in [1.29, 1.82) is 0 Å². The molecule has 0 aromatic rings. The minimum Gasteiger partial charge on any atom is -0.767 e. The van der Waals surface area contributed by atoms with Crippen molar-refractivity contribution < 1.29 is 4.79 Å². The molecule has 0 radical (unpaired) electrons. The van der Waals surface area contributed by atoms with Gasteiger partial charge in [-0.1, -0.05) is 65.2 Å². The molecule has 0 saturated carbocycles. The third kappa shape index (κ3) is 13.6. The second-order valence-electron chi connectivity index (χ2n) is 5.22. The first-order chi connectivity index (χ1) is 9.20. The second-order valence-corrected chi connectivity index (χ2v) is 5.22. The molecule has 0 atom stereocenters. The highest BCUT2D eigenvalue weighted by atomic mass is 16.5. The molecule has 0 bridgehead atoms. The Balaban J connectivity index is 3.23. The Hall–Kier alpha value is -0.610. The van der Waals surface area contributed by atoms with E-state index in [1.54, 1.807) is 0 Å². The predicted molar refractivity (Wildman–Crippen MR) is 80.4 cm³/mol. The van der Waals surface area contributed by atoms with Gasteiger partial charge in [0.2, 0.25) is 5.91 Å². The fraction of sp³-hybridized carbons (Fsp3) is 0.933. The lowest BCUT2D eigenvalue weighted by molar-refractivity contribution is -0.124. The summed E-state index contributed by atoms with van der Waals surface area (Å²) in [6.07, 6.45) is 12.3. The van der Waals surface area contributed by atoms with E-state index in [1.165, 1.54) is 44.9 Å². The molecule has 0 aliphatic rings. The van der Waals surface area contributed by atoms with Gasteiger partial charge in [0.05, 0.1) is 0 Å². The van der Waals surface area contributed by atoms with Gasteiger partial charge in [0, 0.05) is 13.0 Å². The minimum atomic E-state index is -0.147. The van der Waals surface area contributed by atoms with Crippen molar-refractivity contribution in [2.45, 2.75) is 84.5 Å². The zero-order valence-electron chi connectivity index (χ0n) is 12.7. The first-order valence-corrected chi connectivity index (χ1v) is 7.94. The number of nitrogens with zero attached hydrogens (tertiary/aromatic N) is 1. The first kappa shape index (κ1) is 18.4. The van der Waals surface area contributed by atoms with Gasteiger partial charge >= 0.3 is 0 Å². The summed E-state index contributed by atoms with van der Waals surface area (Å²) in [6, 6.07) is 0. The van der Waals surface area contributed by atoms with Crippen LogP contribution in [0.2, 0.25) is 0 Å². The SMILES string of the molecule is CCCCCCCCCCCC(=O)NN([O-])CCC. The second kappa shape index (κ2) is 13.8. The summed E-state index contributed by atoms with van der Waals surface area (Å²) in [5, 5.41) is 11.7. The van der Waals surface area contributed by atoms with E-state index in [4.69, 9.17) is 0 Å². The molecule has 0 aromatic carbocycles. The Labute approximate surface area is 118 Å². The van der Waals surface area contributed by atoms with Gasteiger partial charge in [-0.15, -0.1) is 0 Å². The van der Waals surface area contributed by atoms with E-state index in [2.05, 4.69) is 12.3 Å². The number of rotatable bonds is 13. The van der Waals surface area contributed by atoms with Crippen LogP contribution in [0.5, 0.6) is 0 Å². The molecule has 0 heterocycles. The molecule has 1 N–H and O–H groups in total. The average molecular weight is 271 g/mol. The fourth-order valence-electron chi connectivity index (χ4n) is 2.05. The molecule has 0 aliphatic heterocycles. The average Bonchev–Trinajstić information content (AvgIpc) is 2.37. The van der Waals surface area contributed by atoms with Crippen LogP contribution in [0.15, 0.2) is 0 Å². The van der Waals surface area contributed by atoms with Crippen LogP contribution >= 0.6 is 0 Å². The normalized spacial score (nSPS) is 10.9. The monoisotopic (exact) mass is 271 g/mol. The van der Waals surface area contributed by atoms with Crippen molar-refractivity contribution >= 4 is 5.91 Å². The zero-order chi connectivity index (χ0) is 14.3. The lowest BCUT2D eigenvalue weighted by Crippen LogP contribution is -2.38. The number of hydrogen-bond donors (Lipinski definition) is 1. The molecule has 0 saturated heterocycles. The smallest absolute Gasteiger partial charge is 0.233 e. The maximum atomic E-state index is 11.4. The van der Waals surface area contributed by atoms with Crippen molar-refractivity contribution in [3.05, 3.63) is 5.21 Å². The number of amides is 1. The molecule has 0 fully saturated rings. The standard InChI is InChI=1S/C15H31N2O2/c1-3-5-6-7-8-9-10-11-12-13-15(18)16-17(19)14-4-2/h3-14H2,1-2H3,(H,16,18)/q-1. The molecule has 4 heteroatoms. The molecule has 4 nitrogen and oxygen atoms in total. The third-order valence-corrected chi connectivity index (χ3v) is 3.18. The number of nitrogens with one attached hydrogen (secondary N) is 1. The lowest BCUT2D eigenvalue weighted by atomic mass is 10.1. The number of carbonyl (C=O) groups excluding carboxylic acids is 1. The molecule has 0 aliphatic carbocycles. The van der Waals surface area contributed by atoms with E-state index in [1.807, 2.05) is 6.92 Å². The van der Waals surface area contributed by atoms with E-state index in [9.17, 15) is 10.0 Å². The van der Waals surface area contributed by atoms with Crippen LogP contribution in [-0.4, -0.2) is 17.6 Å². The quantitative estimate of drug-likeness (QED) is 0.404. The molecule has 0 unspecified atom stereocenters. The summed E-state index contributed by atoms with van der Waals surface area (Å²) in [4.78, 5) is 11.4. The Morgan fingerprint density at radius 3 is 1.95 bits per heavy atom. The zero-order valence-corrected chi connectivity index (χ0v) is 12.7. The van der Waals surface area contributed by atoms with Crippen LogP contribution in [0.3, 0.4) is 0 Å². The largest absolute Gasteiger partial charge is 0.767 e. The van der Waals surface area contributed by atoms with Crippen LogP contribution in [0.25, 0.3) is 0 Å². The fourth-order valence-corrected chi connectivity index (χ4v) is 2.05.